The molecule has 2 atom stereocenters. The molecule has 0 amide bonds. The van der Waals surface area contributed by atoms with Crippen molar-refractivity contribution in [2.45, 2.75) is 51.6 Å². The lowest BCUT2D eigenvalue weighted by Gasteiger charge is -2.36. The largest absolute Gasteiger partial charge is 0.491 e. The highest BCUT2D eigenvalue weighted by molar-refractivity contribution is 5.73. The molecule has 118 valence electrons. The lowest BCUT2D eigenvalue weighted by molar-refractivity contribution is -0.000751. The molecule has 0 saturated heterocycles. The van der Waals surface area contributed by atoms with E-state index in [9.17, 15) is 5.11 Å². The minimum absolute atomic E-state index is 0.540. The fraction of sp³-hybridized carbons (Fsp3) is 0.647. The van der Waals surface area contributed by atoms with Gasteiger partial charge in [-0.05, 0) is 37.3 Å². The molecule has 1 aromatic carbocycles. The quantitative estimate of drug-likeness (QED) is 0.703. The Hall–Kier alpha value is -1.42. The number of benzene rings is 1. The Labute approximate surface area is 127 Å². The number of anilines is 2. The normalized spacial score (nSPS) is 25.6. The highest BCUT2D eigenvalue weighted by Crippen LogP contribution is 2.34. The Kier molecular flexibility index (Phi) is 5.34. The number of nitrogen functional groups attached to an aromatic ring is 1. The number of hydrogen-bond donors (Lipinski definition) is 3. The Morgan fingerprint density at radius 1 is 1.48 bits per heavy atom. The standard InChI is InChI=1S/C17H28N2O2/c1-3-10-21-15-8-4-7-14(16(15)18)19-12-17(20)9-5-6-13(2)11-17/h4,7-8,13,19-20H,3,5-6,9-12,18H2,1-2H3. The zero-order valence-corrected chi connectivity index (χ0v) is 13.2. The number of rotatable bonds is 6. The zero-order valence-electron chi connectivity index (χ0n) is 13.2. The topological polar surface area (TPSA) is 67.5 Å². The molecule has 1 aromatic rings. The summed E-state index contributed by atoms with van der Waals surface area (Å²) in [6.45, 7) is 5.48. The van der Waals surface area contributed by atoms with Crippen LogP contribution in [-0.2, 0) is 0 Å². The molecule has 2 unspecified atom stereocenters. The van der Waals surface area contributed by atoms with E-state index in [0.717, 1.165) is 31.4 Å². The van der Waals surface area contributed by atoms with Gasteiger partial charge in [0.2, 0.25) is 0 Å². The molecule has 4 N–H and O–H groups in total. The molecule has 0 heterocycles. The van der Waals surface area contributed by atoms with Gasteiger partial charge in [0.1, 0.15) is 5.75 Å². The molecule has 0 aromatic heterocycles. The molecule has 0 spiro atoms. The summed E-state index contributed by atoms with van der Waals surface area (Å²) in [4.78, 5) is 0. The fourth-order valence-corrected chi connectivity index (χ4v) is 3.09. The van der Waals surface area contributed by atoms with Gasteiger partial charge in [0.25, 0.3) is 0 Å². The van der Waals surface area contributed by atoms with Crippen molar-refractivity contribution >= 4 is 11.4 Å². The first-order chi connectivity index (χ1) is 10.0. The van der Waals surface area contributed by atoms with Crippen LogP contribution in [0.2, 0.25) is 0 Å². The van der Waals surface area contributed by atoms with Crippen LogP contribution in [-0.4, -0.2) is 23.9 Å². The Morgan fingerprint density at radius 3 is 3.00 bits per heavy atom. The fourth-order valence-electron chi connectivity index (χ4n) is 3.09. The molecule has 0 aliphatic heterocycles. The Bertz CT molecular complexity index is 464. The van der Waals surface area contributed by atoms with Crippen molar-refractivity contribution in [1.82, 2.24) is 0 Å². The minimum atomic E-state index is -0.621. The van der Waals surface area contributed by atoms with Gasteiger partial charge in [-0.15, -0.1) is 0 Å². The van der Waals surface area contributed by atoms with E-state index in [1.807, 2.05) is 18.2 Å². The third-order valence-electron chi connectivity index (χ3n) is 4.20. The number of aliphatic hydroxyl groups is 1. The first-order valence-corrected chi connectivity index (χ1v) is 8.01. The molecule has 4 heteroatoms. The first kappa shape index (κ1) is 16.0. The van der Waals surface area contributed by atoms with Crippen LogP contribution in [0.5, 0.6) is 5.75 Å². The Balaban J connectivity index is 1.99. The lowest BCUT2D eigenvalue weighted by Crippen LogP contribution is -2.41. The molecule has 1 aliphatic rings. The molecule has 1 aliphatic carbocycles. The lowest BCUT2D eigenvalue weighted by atomic mass is 9.79. The van der Waals surface area contributed by atoms with E-state index >= 15 is 0 Å². The minimum Gasteiger partial charge on any atom is -0.491 e. The number of ether oxygens (including phenoxy) is 1. The van der Waals surface area contributed by atoms with Gasteiger partial charge in [0.15, 0.2) is 0 Å². The average Bonchev–Trinajstić information content (AvgIpc) is 2.45. The number of nitrogens with two attached hydrogens (primary N) is 1. The second-order valence-electron chi connectivity index (χ2n) is 6.35. The summed E-state index contributed by atoms with van der Waals surface area (Å²) >= 11 is 0. The maximum Gasteiger partial charge on any atom is 0.144 e. The van der Waals surface area contributed by atoms with Crippen LogP contribution >= 0.6 is 0 Å². The second kappa shape index (κ2) is 7.03. The van der Waals surface area contributed by atoms with Crippen molar-refractivity contribution in [3.63, 3.8) is 0 Å². The molecule has 1 fully saturated rings. The molecule has 4 nitrogen and oxygen atoms in total. The summed E-state index contributed by atoms with van der Waals surface area (Å²) in [6.07, 6.45) is 4.97. The van der Waals surface area contributed by atoms with Crippen LogP contribution in [0.4, 0.5) is 11.4 Å². The van der Waals surface area contributed by atoms with Gasteiger partial charge in [-0.25, -0.2) is 0 Å². The van der Waals surface area contributed by atoms with Crippen molar-refractivity contribution in [1.29, 1.82) is 0 Å². The van der Waals surface area contributed by atoms with Crippen LogP contribution in [0.3, 0.4) is 0 Å². The maximum atomic E-state index is 10.7. The van der Waals surface area contributed by atoms with Crippen molar-refractivity contribution in [2.24, 2.45) is 5.92 Å². The Morgan fingerprint density at radius 2 is 2.29 bits per heavy atom. The van der Waals surface area contributed by atoms with Crippen molar-refractivity contribution in [2.75, 3.05) is 24.2 Å². The summed E-state index contributed by atoms with van der Waals surface area (Å²) in [6, 6.07) is 5.74. The van der Waals surface area contributed by atoms with Crippen LogP contribution in [0.15, 0.2) is 18.2 Å². The van der Waals surface area contributed by atoms with Crippen LogP contribution < -0.4 is 15.8 Å². The van der Waals surface area contributed by atoms with Gasteiger partial charge in [-0.2, -0.15) is 0 Å². The van der Waals surface area contributed by atoms with Gasteiger partial charge in [0, 0.05) is 6.54 Å². The zero-order chi connectivity index (χ0) is 15.3. The summed E-state index contributed by atoms with van der Waals surface area (Å²) in [5, 5.41) is 14.0. The van der Waals surface area contributed by atoms with E-state index in [1.165, 1.54) is 6.42 Å². The molecular formula is C17H28N2O2. The van der Waals surface area contributed by atoms with Crippen molar-refractivity contribution in [3.05, 3.63) is 18.2 Å². The number of para-hydroxylation sites is 1. The van der Waals surface area contributed by atoms with Crippen LogP contribution in [0, 0.1) is 5.92 Å². The smallest absolute Gasteiger partial charge is 0.144 e. The predicted molar refractivity (Wildman–Crippen MR) is 87.7 cm³/mol. The first-order valence-electron chi connectivity index (χ1n) is 8.01. The van der Waals surface area contributed by atoms with E-state index in [2.05, 4.69) is 19.2 Å². The third kappa shape index (κ3) is 4.27. The summed E-state index contributed by atoms with van der Waals surface area (Å²) < 4.78 is 5.63. The molecular weight excluding hydrogens is 264 g/mol. The van der Waals surface area contributed by atoms with Gasteiger partial charge in [-0.3, -0.25) is 0 Å². The van der Waals surface area contributed by atoms with Crippen LogP contribution in [0.25, 0.3) is 0 Å². The monoisotopic (exact) mass is 292 g/mol. The summed E-state index contributed by atoms with van der Waals surface area (Å²) in [7, 11) is 0. The van der Waals surface area contributed by atoms with E-state index in [1.54, 1.807) is 0 Å². The number of hydrogen-bond acceptors (Lipinski definition) is 4. The second-order valence-corrected chi connectivity index (χ2v) is 6.35. The predicted octanol–water partition coefficient (Wildman–Crippen LogP) is 3.41. The van der Waals surface area contributed by atoms with Gasteiger partial charge >= 0.3 is 0 Å². The summed E-state index contributed by atoms with van der Waals surface area (Å²) in [5.74, 6) is 1.30. The van der Waals surface area contributed by atoms with Gasteiger partial charge in [-0.1, -0.05) is 32.8 Å². The van der Waals surface area contributed by atoms with E-state index in [-0.39, 0.29) is 0 Å². The maximum absolute atomic E-state index is 10.7. The van der Waals surface area contributed by atoms with E-state index in [4.69, 9.17) is 10.5 Å². The average molecular weight is 292 g/mol. The van der Waals surface area contributed by atoms with Crippen molar-refractivity contribution < 1.29 is 9.84 Å². The van der Waals surface area contributed by atoms with Gasteiger partial charge in [0.05, 0.1) is 23.6 Å². The highest BCUT2D eigenvalue weighted by atomic mass is 16.5. The molecule has 0 bridgehead atoms. The SMILES string of the molecule is CCCOc1cccc(NCC2(O)CCCC(C)C2)c1N. The molecule has 0 radical (unpaired) electrons. The van der Waals surface area contributed by atoms with Crippen molar-refractivity contribution in [3.8, 4) is 5.75 Å². The highest BCUT2D eigenvalue weighted by Gasteiger charge is 2.32. The van der Waals surface area contributed by atoms with E-state index < -0.39 is 5.60 Å². The van der Waals surface area contributed by atoms with E-state index in [0.29, 0.717) is 30.5 Å². The molecule has 21 heavy (non-hydrogen) atoms. The third-order valence-corrected chi connectivity index (χ3v) is 4.20. The van der Waals surface area contributed by atoms with Gasteiger partial charge < -0.3 is 20.9 Å². The molecule has 1 saturated carbocycles. The molecule has 2 rings (SSSR count). The number of nitrogens with one attached hydrogen (secondary N) is 1. The van der Waals surface area contributed by atoms with Crippen LogP contribution in [0.1, 0.15) is 46.0 Å². The summed E-state index contributed by atoms with van der Waals surface area (Å²) in [5.41, 5.74) is 6.99.